The first-order valence-corrected chi connectivity index (χ1v) is 7.78. The van der Waals surface area contributed by atoms with E-state index in [-0.39, 0.29) is 12.0 Å². The van der Waals surface area contributed by atoms with Gasteiger partial charge in [0, 0.05) is 12.0 Å². The predicted octanol–water partition coefficient (Wildman–Crippen LogP) is 3.52. The average molecular weight is 282 g/mol. The van der Waals surface area contributed by atoms with E-state index in [0.717, 1.165) is 19.4 Å². The van der Waals surface area contributed by atoms with Crippen molar-refractivity contribution in [3.8, 4) is 0 Å². The smallest absolute Gasteiger partial charge is 0.0241 e. The Labute approximate surface area is 128 Å². The first-order valence-electron chi connectivity index (χ1n) is 7.78. The molecule has 0 aromatic heterocycles. The fourth-order valence-corrected chi connectivity index (χ4v) is 2.77. The van der Waals surface area contributed by atoms with E-state index < -0.39 is 0 Å². The van der Waals surface area contributed by atoms with Crippen LogP contribution in [0.1, 0.15) is 36.8 Å². The first kappa shape index (κ1) is 15.7. The molecule has 0 saturated heterocycles. The molecule has 21 heavy (non-hydrogen) atoms. The zero-order chi connectivity index (χ0) is 15.1. The van der Waals surface area contributed by atoms with Crippen molar-refractivity contribution in [1.29, 1.82) is 0 Å². The molecule has 0 amide bonds. The van der Waals surface area contributed by atoms with E-state index in [0.29, 0.717) is 5.92 Å². The van der Waals surface area contributed by atoms with Gasteiger partial charge in [0.1, 0.15) is 0 Å². The molecule has 0 saturated carbocycles. The van der Waals surface area contributed by atoms with Gasteiger partial charge in [-0.25, -0.2) is 0 Å². The van der Waals surface area contributed by atoms with Crippen LogP contribution in [0, 0.1) is 5.92 Å². The number of benzene rings is 2. The molecule has 0 aliphatic rings. The summed E-state index contributed by atoms with van der Waals surface area (Å²) < 4.78 is 0. The van der Waals surface area contributed by atoms with E-state index in [9.17, 15) is 0 Å². The van der Waals surface area contributed by atoms with E-state index in [2.05, 4.69) is 55.5 Å². The third-order valence-electron chi connectivity index (χ3n) is 4.14. The van der Waals surface area contributed by atoms with Crippen LogP contribution in [0.5, 0.6) is 0 Å². The lowest BCUT2D eigenvalue weighted by molar-refractivity contribution is 0.453. The monoisotopic (exact) mass is 282 g/mol. The summed E-state index contributed by atoms with van der Waals surface area (Å²) in [6, 6.07) is 21.2. The molecule has 0 heterocycles. The maximum absolute atomic E-state index is 6.54. The molecule has 0 fully saturated rings. The highest BCUT2D eigenvalue weighted by molar-refractivity contribution is 5.34. The van der Waals surface area contributed by atoms with Gasteiger partial charge in [0.05, 0.1) is 0 Å². The molecule has 0 aliphatic carbocycles. The maximum atomic E-state index is 6.54. The Morgan fingerprint density at radius 3 is 1.71 bits per heavy atom. The molecule has 2 atom stereocenters. The molecule has 0 bridgehead atoms. The first-order chi connectivity index (χ1) is 10.2. The zero-order valence-corrected chi connectivity index (χ0v) is 12.8. The molecule has 0 radical (unpaired) electrons. The molecule has 2 unspecified atom stereocenters. The zero-order valence-electron chi connectivity index (χ0n) is 12.8. The van der Waals surface area contributed by atoms with Gasteiger partial charge >= 0.3 is 0 Å². The summed E-state index contributed by atoms with van der Waals surface area (Å²) in [5.41, 5.74) is 14.8. The number of rotatable bonds is 7. The molecule has 2 aromatic rings. The van der Waals surface area contributed by atoms with Crippen molar-refractivity contribution in [1.82, 2.24) is 0 Å². The maximum Gasteiger partial charge on any atom is 0.0241 e. The van der Waals surface area contributed by atoms with Gasteiger partial charge in [-0.3, -0.25) is 0 Å². The van der Waals surface area contributed by atoms with Gasteiger partial charge in [0.25, 0.3) is 0 Å². The van der Waals surface area contributed by atoms with Crippen LogP contribution in [-0.4, -0.2) is 12.6 Å². The Morgan fingerprint density at radius 1 is 0.810 bits per heavy atom. The molecular weight excluding hydrogens is 256 g/mol. The lowest BCUT2D eigenvalue weighted by Gasteiger charge is -2.26. The minimum atomic E-state index is 0.115. The van der Waals surface area contributed by atoms with E-state index in [1.54, 1.807) is 0 Å². The summed E-state index contributed by atoms with van der Waals surface area (Å²) >= 11 is 0. The number of hydrogen-bond acceptors (Lipinski definition) is 2. The Morgan fingerprint density at radius 2 is 1.29 bits per heavy atom. The second kappa shape index (κ2) is 7.96. The molecule has 2 aromatic carbocycles. The lowest BCUT2D eigenvalue weighted by atomic mass is 9.82. The SMILES string of the molecule is CC(CN)CCC(N)C(c1ccccc1)c1ccccc1. The van der Waals surface area contributed by atoms with Crippen LogP contribution in [0.15, 0.2) is 60.7 Å². The quantitative estimate of drug-likeness (QED) is 0.816. The topological polar surface area (TPSA) is 52.0 Å². The molecule has 2 heteroatoms. The van der Waals surface area contributed by atoms with Crippen LogP contribution in [-0.2, 0) is 0 Å². The van der Waals surface area contributed by atoms with Crippen LogP contribution in [0.4, 0.5) is 0 Å². The number of nitrogens with two attached hydrogens (primary N) is 2. The minimum Gasteiger partial charge on any atom is -0.330 e. The van der Waals surface area contributed by atoms with Gasteiger partial charge in [0.15, 0.2) is 0 Å². The summed E-state index contributed by atoms with van der Waals surface area (Å²) in [6.45, 7) is 2.92. The number of hydrogen-bond donors (Lipinski definition) is 2. The van der Waals surface area contributed by atoms with Gasteiger partial charge in [0.2, 0.25) is 0 Å². The van der Waals surface area contributed by atoms with E-state index in [1.807, 2.05) is 12.1 Å². The van der Waals surface area contributed by atoms with Crippen molar-refractivity contribution in [2.75, 3.05) is 6.54 Å². The highest BCUT2D eigenvalue weighted by Gasteiger charge is 2.21. The van der Waals surface area contributed by atoms with Crippen molar-refractivity contribution in [2.45, 2.75) is 31.7 Å². The second-order valence-corrected chi connectivity index (χ2v) is 5.88. The van der Waals surface area contributed by atoms with Gasteiger partial charge in [-0.1, -0.05) is 67.6 Å². The molecule has 0 spiro atoms. The molecule has 0 aliphatic heterocycles. The molecule has 2 rings (SSSR count). The van der Waals surface area contributed by atoms with Gasteiger partial charge in [-0.15, -0.1) is 0 Å². The molecule has 4 N–H and O–H groups in total. The predicted molar refractivity (Wildman–Crippen MR) is 90.2 cm³/mol. The lowest BCUT2D eigenvalue weighted by Crippen LogP contribution is -2.30. The van der Waals surface area contributed by atoms with E-state index >= 15 is 0 Å². The molecular formula is C19H26N2. The van der Waals surface area contributed by atoms with E-state index in [1.165, 1.54) is 11.1 Å². The largest absolute Gasteiger partial charge is 0.330 e. The summed E-state index contributed by atoms with van der Waals surface area (Å²) in [4.78, 5) is 0. The highest BCUT2D eigenvalue weighted by atomic mass is 14.7. The van der Waals surface area contributed by atoms with Crippen LogP contribution in [0.3, 0.4) is 0 Å². The standard InChI is InChI=1S/C19H26N2/c1-15(14-20)12-13-18(21)19(16-8-4-2-5-9-16)17-10-6-3-7-11-17/h2-11,15,18-19H,12-14,20-21H2,1H3. The third kappa shape index (κ3) is 4.42. The van der Waals surface area contributed by atoms with Gasteiger partial charge in [-0.05, 0) is 36.4 Å². The van der Waals surface area contributed by atoms with Crippen molar-refractivity contribution >= 4 is 0 Å². The van der Waals surface area contributed by atoms with Crippen molar-refractivity contribution < 1.29 is 0 Å². The van der Waals surface area contributed by atoms with Crippen LogP contribution >= 0.6 is 0 Å². The summed E-state index contributed by atoms with van der Waals surface area (Å²) in [7, 11) is 0. The molecule has 112 valence electrons. The van der Waals surface area contributed by atoms with Crippen LogP contribution < -0.4 is 11.5 Å². The Hall–Kier alpha value is -1.64. The fraction of sp³-hybridized carbons (Fsp3) is 0.368. The Balaban J connectivity index is 2.20. The summed E-state index contributed by atoms with van der Waals surface area (Å²) in [5.74, 6) is 0.778. The van der Waals surface area contributed by atoms with Crippen LogP contribution in [0.25, 0.3) is 0 Å². The van der Waals surface area contributed by atoms with Gasteiger partial charge in [-0.2, -0.15) is 0 Å². The fourth-order valence-electron chi connectivity index (χ4n) is 2.77. The second-order valence-electron chi connectivity index (χ2n) is 5.88. The normalized spacial score (nSPS) is 14.1. The van der Waals surface area contributed by atoms with Crippen molar-refractivity contribution in [3.63, 3.8) is 0 Å². The third-order valence-corrected chi connectivity index (χ3v) is 4.14. The average Bonchev–Trinajstić information content (AvgIpc) is 2.55. The van der Waals surface area contributed by atoms with E-state index in [4.69, 9.17) is 11.5 Å². The summed E-state index contributed by atoms with van der Waals surface area (Å²) in [5, 5.41) is 0. The Kier molecular flexibility index (Phi) is 5.97. The van der Waals surface area contributed by atoms with Gasteiger partial charge < -0.3 is 11.5 Å². The summed E-state index contributed by atoms with van der Waals surface area (Å²) in [6.07, 6.45) is 2.07. The minimum absolute atomic E-state index is 0.115. The molecule has 2 nitrogen and oxygen atoms in total. The van der Waals surface area contributed by atoms with Crippen LogP contribution in [0.2, 0.25) is 0 Å². The van der Waals surface area contributed by atoms with Crippen molar-refractivity contribution in [3.05, 3.63) is 71.8 Å². The Bertz CT molecular complexity index is 470. The van der Waals surface area contributed by atoms with Crippen molar-refractivity contribution in [2.24, 2.45) is 17.4 Å². The highest BCUT2D eigenvalue weighted by Crippen LogP contribution is 2.29.